The molecule has 4 heterocycles. The smallest absolute Gasteiger partial charge is 0.329 e. The van der Waals surface area contributed by atoms with E-state index in [1.54, 1.807) is 0 Å². The van der Waals surface area contributed by atoms with E-state index in [9.17, 15) is 0 Å². The molecule has 0 atom stereocenters. The number of hydrogen-bond acceptors (Lipinski definition) is 2. The van der Waals surface area contributed by atoms with Crippen LogP contribution < -0.4 is 31.5 Å². The van der Waals surface area contributed by atoms with Gasteiger partial charge in [0.2, 0.25) is 0 Å². The second-order valence-electron chi connectivity index (χ2n) is 12.8. The van der Waals surface area contributed by atoms with Crippen molar-refractivity contribution in [2.45, 2.75) is 0 Å². The Labute approximate surface area is 269 Å². The first kappa shape index (κ1) is 24.6. The van der Waals surface area contributed by atoms with E-state index in [1.807, 2.05) is 0 Å². The topological polar surface area (TPSA) is 6.48 Å². The summed E-state index contributed by atoms with van der Waals surface area (Å²) in [6, 6.07) is 58.8. The minimum atomic E-state index is 0.0767. The van der Waals surface area contributed by atoms with E-state index < -0.39 is 0 Å². The average Bonchev–Trinajstić information content (AvgIpc) is 3.14. The molecule has 0 spiro atoms. The van der Waals surface area contributed by atoms with Gasteiger partial charge < -0.3 is 9.62 Å². The van der Waals surface area contributed by atoms with Gasteiger partial charge in [0.25, 0.3) is 0 Å². The zero-order valence-electron chi connectivity index (χ0n) is 25.1. The van der Waals surface area contributed by atoms with Gasteiger partial charge in [0.1, 0.15) is 0 Å². The normalized spacial score (nSPS) is 13.9. The lowest BCUT2D eigenvalue weighted by atomic mass is 9.38. The van der Waals surface area contributed by atoms with Crippen LogP contribution in [-0.2, 0) is 0 Å². The molecule has 0 amide bonds. The first-order valence-corrected chi connectivity index (χ1v) is 16.2. The van der Waals surface area contributed by atoms with E-state index in [4.69, 9.17) is 0 Å². The Balaban J connectivity index is 1.23. The number of rotatable bonds is 1. The lowest BCUT2D eigenvalue weighted by Crippen LogP contribution is -2.65. The lowest BCUT2D eigenvalue weighted by molar-refractivity contribution is 1.31. The molecule has 0 saturated heterocycles. The maximum atomic E-state index is 2.63. The Morgan fingerprint density at radius 2 is 0.783 bits per heavy atom. The molecule has 4 aliphatic heterocycles. The van der Waals surface area contributed by atoms with Crippen LogP contribution in [0, 0.1) is 0 Å². The van der Waals surface area contributed by atoms with Crippen molar-refractivity contribution in [3.63, 3.8) is 0 Å². The van der Waals surface area contributed by atoms with Gasteiger partial charge in [-0.25, -0.2) is 0 Å². The summed E-state index contributed by atoms with van der Waals surface area (Å²) in [4.78, 5) is 5.25. The van der Waals surface area contributed by atoms with E-state index in [-0.39, 0.29) is 13.7 Å². The fourth-order valence-corrected chi connectivity index (χ4v) is 8.87. The molecule has 0 N–H and O–H groups in total. The predicted octanol–water partition coefficient (Wildman–Crippen LogP) is 7.50. The van der Waals surface area contributed by atoms with E-state index in [2.05, 4.69) is 167 Å². The first-order valence-electron chi connectivity index (χ1n) is 16.2. The molecule has 0 aliphatic carbocycles. The molecular weight excluding hydrogens is 554 g/mol. The van der Waals surface area contributed by atoms with Crippen LogP contribution in [0.15, 0.2) is 158 Å². The van der Waals surface area contributed by atoms with Gasteiger partial charge in [0.05, 0.1) is 0 Å². The molecule has 0 unspecified atom stereocenters. The van der Waals surface area contributed by atoms with Gasteiger partial charge in [0, 0.05) is 45.0 Å². The zero-order chi connectivity index (χ0) is 29.9. The number of nitrogens with zero attached hydrogens (tertiary/aromatic N) is 2. The Hall–Kier alpha value is -5.73. The van der Waals surface area contributed by atoms with Crippen molar-refractivity contribution in [3.8, 4) is 44.5 Å². The van der Waals surface area contributed by atoms with Gasteiger partial charge in [-0.1, -0.05) is 127 Å². The van der Waals surface area contributed by atoms with Crippen LogP contribution in [0.4, 0.5) is 22.7 Å². The third-order valence-electron chi connectivity index (χ3n) is 10.6. The summed E-state index contributed by atoms with van der Waals surface area (Å²) < 4.78 is 0. The molecule has 11 rings (SSSR count). The van der Waals surface area contributed by atoms with Gasteiger partial charge in [0.15, 0.2) is 0 Å². The van der Waals surface area contributed by atoms with Gasteiger partial charge in [-0.05, 0) is 74.4 Å². The van der Waals surface area contributed by atoms with Gasteiger partial charge in [-0.3, -0.25) is 0 Å². The van der Waals surface area contributed by atoms with E-state index in [0.717, 1.165) is 0 Å². The summed E-state index contributed by atoms with van der Waals surface area (Å²) >= 11 is 0. The summed E-state index contributed by atoms with van der Waals surface area (Å²) in [6.07, 6.45) is 0. The van der Waals surface area contributed by atoms with Crippen LogP contribution in [0.2, 0.25) is 0 Å². The number of para-hydroxylation sites is 1. The van der Waals surface area contributed by atoms with Crippen LogP contribution >= 0.6 is 0 Å². The quantitative estimate of drug-likeness (QED) is 0.186. The third-order valence-corrected chi connectivity index (χ3v) is 10.6. The van der Waals surface area contributed by atoms with Gasteiger partial charge in [-0.15, -0.1) is 0 Å². The van der Waals surface area contributed by atoms with E-state index >= 15 is 0 Å². The molecule has 2 nitrogen and oxygen atoms in total. The maximum Gasteiger partial charge on any atom is 0.329 e. The van der Waals surface area contributed by atoms with Gasteiger partial charge in [-0.2, -0.15) is 0 Å². The summed E-state index contributed by atoms with van der Waals surface area (Å²) in [5.41, 5.74) is 21.1. The summed E-state index contributed by atoms with van der Waals surface area (Å²) in [6.45, 7) is 0.171. The average molecular weight is 580 g/mol. The van der Waals surface area contributed by atoms with Crippen molar-refractivity contribution >= 4 is 58.3 Å². The lowest BCUT2D eigenvalue weighted by Gasteiger charge is -2.49. The number of hydrogen-bond donors (Lipinski definition) is 0. The van der Waals surface area contributed by atoms with Crippen LogP contribution in [0.3, 0.4) is 0 Å². The molecule has 0 radical (unpaired) electrons. The van der Waals surface area contributed by atoms with Crippen molar-refractivity contribution in [1.82, 2.24) is 0 Å². The molecular formula is C42H26B2N2. The molecule has 7 aromatic rings. The van der Waals surface area contributed by atoms with Crippen LogP contribution in [0.1, 0.15) is 0 Å². The Bertz CT molecular complexity index is 2420. The summed E-state index contributed by atoms with van der Waals surface area (Å²) in [7, 11) is 0. The van der Waals surface area contributed by atoms with E-state index in [1.165, 1.54) is 89.1 Å². The number of benzene rings is 7. The summed E-state index contributed by atoms with van der Waals surface area (Å²) in [5.74, 6) is 0. The zero-order valence-corrected chi connectivity index (χ0v) is 25.1. The summed E-state index contributed by atoms with van der Waals surface area (Å²) in [5, 5.41) is 0. The first-order chi connectivity index (χ1) is 22.9. The number of anilines is 4. The molecule has 4 heteroatoms. The van der Waals surface area contributed by atoms with Crippen molar-refractivity contribution in [2.24, 2.45) is 0 Å². The van der Waals surface area contributed by atoms with E-state index in [0.29, 0.717) is 0 Å². The van der Waals surface area contributed by atoms with Gasteiger partial charge >= 0.3 is 13.7 Å². The van der Waals surface area contributed by atoms with Crippen molar-refractivity contribution in [2.75, 3.05) is 9.62 Å². The third kappa shape index (κ3) is 3.04. The Morgan fingerprint density at radius 3 is 1.43 bits per heavy atom. The van der Waals surface area contributed by atoms with Crippen LogP contribution in [0.25, 0.3) is 44.5 Å². The largest absolute Gasteiger partial charge is 0.376 e. The van der Waals surface area contributed by atoms with Crippen LogP contribution in [0.5, 0.6) is 0 Å². The highest BCUT2D eigenvalue weighted by Gasteiger charge is 2.49. The highest BCUT2D eigenvalue weighted by atomic mass is 15.1. The maximum absolute atomic E-state index is 2.63. The molecule has 0 saturated carbocycles. The molecule has 0 aromatic heterocycles. The minimum absolute atomic E-state index is 0.0767. The molecule has 4 aliphatic rings. The van der Waals surface area contributed by atoms with Crippen molar-refractivity contribution in [1.29, 1.82) is 0 Å². The number of fused-ring (bicyclic) bond motifs is 16. The molecule has 46 heavy (non-hydrogen) atoms. The Kier molecular flexibility index (Phi) is 4.77. The molecule has 210 valence electrons. The second kappa shape index (κ2) is 8.93. The minimum Gasteiger partial charge on any atom is -0.376 e. The second-order valence-corrected chi connectivity index (χ2v) is 12.8. The highest BCUT2D eigenvalue weighted by Crippen LogP contribution is 2.52. The standard InChI is InChI=1S/C42H26B2N2/c1-2-12-27(13-3-1)28-24-25-38-32(26-28)30-15-5-8-18-34(30)44-36-20-10-22-39-41(36)42-35(19-11-23-40(42)46(38)44)43-33-17-7-4-14-29(33)31-16-6-9-21-37(31)45(39)43/h1-26H. The van der Waals surface area contributed by atoms with Crippen molar-refractivity contribution in [3.05, 3.63) is 158 Å². The van der Waals surface area contributed by atoms with Crippen molar-refractivity contribution < 1.29 is 0 Å². The predicted molar refractivity (Wildman–Crippen MR) is 195 cm³/mol. The molecule has 0 bridgehead atoms. The van der Waals surface area contributed by atoms with Crippen LogP contribution in [-0.4, -0.2) is 13.7 Å². The fraction of sp³-hybridized carbons (Fsp3) is 0. The monoisotopic (exact) mass is 580 g/mol. The Morgan fingerprint density at radius 1 is 0.304 bits per heavy atom. The SMILES string of the molecule is c1ccc(-c2ccc3c(c2)-c2ccccc2B2c4cccc5c4-c4c(cccc4N23)B2c3ccccc3-c3ccccc3N25)cc1. The highest BCUT2D eigenvalue weighted by molar-refractivity contribution is 6.96. The fourth-order valence-electron chi connectivity index (χ4n) is 8.87. The molecule has 0 fully saturated rings. The molecule has 7 aromatic carbocycles.